The molecule has 0 saturated heterocycles. The van der Waals surface area contributed by atoms with Crippen LogP contribution in [0.5, 0.6) is 0 Å². The minimum atomic E-state index is 0.793. The van der Waals surface area contributed by atoms with E-state index in [9.17, 15) is 0 Å². The number of oxime groups is 2. The summed E-state index contributed by atoms with van der Waals surface area (Å²) in [6.07, 6.45) is 3.90. The summed E-state index contributed by atoms with van der Waals surface area (Å²) < 4.78 is 0. The molecule has 4 nitrogen and oxygen atoms in total. The average molecular weight is 170 g/mol. The third-order valence-electron chi connectivity index (χ3n) is 1.78. The van der Waals surface area contributed by atoms with Gasteiger partial charge in [0.2, 0.25) is 0 Å². The lowest BCUT2D eigenvalue weighted by Gasteiger charge is -2.13. The van der Waals surface area contributed by atoms with E-state index in [0.717, 1.165) is 37.1 Å². The number of nitrogens with zero attached hydrogens (tertiary/aromatic N) is 2. The monoisotopic (exact) mass is 170 g/mol. The minimum Gasteiger partial charge on any atom is -0.399 e. The minimum absolute atomic E-state index is 0.793. The maximum atomic E-state index is 4.70. The molecule has 0 atom stereocenters. The Kier molecular flexibility index (Phi) is 3.57. The highest BCUT2D eigenvalue weighted by Crippen LogP contribution is 2.13. The molecular weight excluding hydrogens is 156 g/mol. The SMILES string of the molecule is CO/N=C1/CCC/C(=N\OC)C1. The molecule has 0 bridgehead atoms. The van der Waals surface area contributed by atoms with Crippen molar-refractivity contribution in [2.75, 3.05) is 14.2 Å². The van der Waals surface area contributed by atoms with Crippen LogP contribution in [0.15, 0.2) is 10.3 Å². The van der Waals surface area contributed by atoms with Gasteiger partial charge in [-0.2, -0.15) is 0 Å². The largest absolute Gasteiger partial charge is 0.399 e. The van der Waals surface area contributed by atoms with Gasteiger partial charge in [0.1, 0.15) is 14.2 Å². The molecule has 1 saturated carbocycles. The van der Waals surface area contributed by atoms with E-state index in [0.29, 0.717) is 0 Å². The maximum absolute atomic E-state index is 4.70. The van der Waals surface area contributed by atoms with Crippen LogP contribution in [0, 0.1) is 0 Å². The van der Waals surface area contributed by atoms with E-state index in [1.165, 1.54) is 0 Å². The summed E-state index contributed by atoms with van der Waals surface area (Å²) in [6, 6.07) is 0. The van der Waals surface area contributed by atoms with Crippen LogP contribution in [-0.4, -0.2) is 25.6 Å². The number of hydrogen-bond donors (Lipinski definition) is 0. The van der Waals surface area contributed by atoms with Crippen LogP contribution in [0.2, 0.25) is 0 Å². The highest BCUT2D eigenvalue weighted by molar-refractivity contribution is 6.06. The fourth-order valence-electron chi connectivity index (χ4n) is 1.32. The zero-order valence-corrected chi connectivity index (χ0v) is 7.54. The normalized spacial score (nSPS) is 24.5. The smallest absolute Gasteiger partial charge is 0.106 e. The highest BCUT2D eigenvalue weighted by atomic mass is 16.6. The van der Waals surface area contributed by atoms with Crippen LogP contribution < -0.4 is 0 Å². The second-order valence-corrected chi connectivity index (χ2v) is 2.71. The van der Waals surface area contributed by atoms with Gasteiger partial charge in [-0.15, -0.1) is 0 Å². The molecule has 0 N–H and O–H groups in total. The summed E-state index contributed by atoms with van der Waals surface area (Å²) >= 11 is 0. The summed E-state index contributed by atoms with van der Waals surface area (Å²) in [7, 11) is 3.13. The van der Waals surface area contributed by atoms with Gasteiger partial charge in [0.05, 0.1) is 11.4 Å². The Hall–Kier alpha value is -1.06. The lowest BCUT2D eigenvalue weighted by atomic mass is 9.97. The molecule has 4 heteroatoms. The van der Waals surface area contributed by atoms with Crippen LogP contribution in [0.3, 0.4) is 0 Å². The van der Waals surface area contributed by atoms with Crippen molar-refractivity contribution in [3.05, 3.63) is 0 Å². The van der Waals surface area contributed by atoms with Gasteiger partial charge in [0.25, 0.3) is 0 Å². The van der Waals surface area contributed by atoms with E-state index < -0.39 is 0 Å². The maximum Gasteiger partial charge on any atom is 0.106 e. The molecule has 0 amide bonds. The molecule has 1 aliphatic carbocycles. The molecular formula is C8H14N2O2. The Labute approximate surface area is 72.2 Å². The van der Waals surface area contributed by atoms with Gasteiger partial charge < -0.3 is 9.68 Å². The predicted molar refractivity (Wildman–Crippen MR) is 47.4 cm³/mol. The van der Waals surface area contributed by atoms with Gasteiger partial charge in [-0.1, -0.05) is 10.3 Å². The third-order valence-corrected chi connectivity index (χ3v) is 1.78. The molecule has 0 aliphatic heterocycles. The molecule has 1 rings (SSSR count). The first-order chi connectivity index (χ1) is 5.86. The lowest BCUT2D eigenvalue weighted by Crippen LogP contribution is -2.15. The Morgan fingerprint density at radius 1 is 1.00 bits per heavy atom. The first kappa shape index (κ1) is 9.03. The quantitative estimate of drug-likeness (QED) is 0.590. The van der Waals surface area contributed by atoms with Crippen LogP contribution in [0.25, 0.3) is 0 Å². The van der Waals surface area contributed by atoms with E-state index >= 15 is 0 Å². The number of rotatable bonds is 2. The summed E-state index contributed by atoms with van der Waals surface area (Å²) in [4.78, 5) is 9.40. The van der Waals surface area contributed by atoms with E-state index in [2.05, 4.69) is 10.3 Å². The Balaban J connectivity index is 2.51. The molecule has 12 heavy (non-hydrogen) atoms. The molecule has 0 heterocycles. The second-order valence-electron chi connectivity index (χ2n) is 2.71. The van der Waals surface area contributed by atoms with Gasteiger partial charge in [-0.3, -0.25) is 0 Å². The van der Waals surface area contributed by atoms with E-state index in [4.69, 9.17) is 9.68 Å². The van der Waals surface area contributed by atoms with Gasteiger partial charge in [-0.05, 0) is 19.3 Å². The molecule has 68 valence electrons. The van der Waals surface area contributed by atoms with Crippen molar-refractivity contribution in [2.45, 2.75) is 25.7 Å². The number of hydrogen-bond acceptors (Lipinski definition) is 4. The van der Waals surface area contributed by atoms with Crippen molar-refractivity contribution in [2.24, 2.45) is 10.3 Å². The van der Waals surface area contributed by atoms with Gasteiger partial charge in [0, 0.05) is 6.42 Å². The van der Waals surface area contributed by atoms with E-state index in [1.54, 1.807) is 14.2 Å². The molecule has 0 aromatic carbocycles. The first-order valence-corrected chi connectivity index (χ1v) is 4.04. The zero-order valence-electron chi connectivity index (χ0n) is 7.54. The second kappa shape index (κ2) is 4.74. The molecule has 0 spiro atoms. The van der Waals surface area contributed by atoms with Crippen molar-refractivity contribution in [1.29, 1.82) is 0 Å². The van der Waals surface area contributed by atoms with Crippen LogP contribution in [0.1, 0.15) is 25.7 Å². The molecule has 1 fully saturated rings. The van der Waals surface area contributed by atoms with Crippen molar-refractivity contribution in [1.82, 2.24) is 0 Å². The Morgan fingerprint density at radius 2 is 1.50 bits per heavy atom. The topological polar surface area (TPSA) is 43.2 Å². The summed E-state index contributed by atoms with van der Waals surface area (Å²) in [6.45, 7) is 0. The molecule has 0 aromatic heterocycles. The predicted octanol–water partition coefficient (Wildman–Crippen LogP) is 1.57. The summed E-state index contributed by atoms with van der Waals surface area (Å²) in [5, 5.41) is 7.79. The summed E-state index contributed by atoms with van der Waals surface area (Å²) in [5.74, 6) is 0. The van der Waals surface area contributed by atoms with Crippen LogP contribution in [0.4, 0.5) is 0 Å². The van der Waals surface area contributed by atoms with E-state index in [1.807, 2.05) is 0 Å². The third kappa shape index (κ3) is 2.53. The van der Waals surface area contributed by atoms with Crippen molar-refractivity contribution >= 4 is 11.4 Å². The fourth-order valence-corrected chi connectivity index (χ4v) is 1.32. The lowest BCUT2D eigenvalue weighted by molar-refractivity contribution is 0.208. The van der Waals surface area contributed by atoms with Crippen molar-refractivity contribution < 1.29 is 9.68 Å². The Morgan fingerprint density at radius 3 is 1.92 bits per heavy atom. The average Bonchev–Trinajstić information content (AvgIpc) is 2.06. The highest BCUT2D eigenvalue weighted by Gasteiger charge is 2.13. The van der Waals surface area contributed by atoms with Gasteiger partial charge in [0.15, 0.2) is 0 Å². The molecule has 0 radical (unpaired) electrons. The molecule has 0 aromatic rings. The standard InChI is InChI=1S/C8H14N2O2/c1-11-9-7-4-3-5-8(6-7)10-12-2/h3-6H2,1-2H3/b9-7-,10-8+. The van der Waals surface area contributed by atoms with Crippen LogP contribution >= 0.6 is 0 Å². The molecule has 0 unspecified atom stereocenters. The zero-order chi connectivity index (χ0) is 8.81. The van der Waals surface area contributed by atoms with Crippen LogP contribution in [-0.2, 0) is 9.68 Å². The van der Waals surface area contributed by atoms with E-state index in [-0.39, 0.29) is 0 Å². The van der Waals surface area contributed by atoms with Gasteiger partial charge in [-0.25, -0.2) is 0 Å². The molecule has 1 aliphatic rings. The summed E-state index contributed by atoms with van der Waals surface area (Å²) in [5.41, 5.74) is 2.11. The fraction of sp³-hybridized carbons (Fsp3) is 0.750. The first-order valence-electron chi connectivity index (χ1n) is 4.04. The Bertz CT molecular complexity index is 179. The van der Waals surface area contributed by atoms with Crippen molar-refractivity contribution in [3.8, 4) is 0 Å². The van der Waals surface area contributed by atoms with Crippen molar-refractivity contribution in [3.63, 3.8) is 0 Å². The van der Waals surface area contributed by atoms with Gasteiger partial charge >= 0.3 is 0 Å².